The van der Waals surface area contributed by atoms with Gasteiger partial charge in [0.15, 0.2) is 0 Å². The second-order valence-corrected chi connectivity index (χ2v) is 6.17. The van der Waals surface area contributed by atoms with E-state index in [9.17, 15) is 10.2 Å². The summed E-state index contributed by atoms with van der Waals surface area (Å²) in [5.41, 5.74) is 0.317. The lowest BCUT2D eigenvalue weighted by Gasteiger charge is -2.37. The minimum absolute atomic E-state index is 0.468. The van der Waals surface area contributed by atoms with Crippen molar-refractivity contribution in [1.82, 2.24) is 4.90 Å². The maximum absolute atomic E-state index is 10.1. The van der Waals surface area contributed by atoms with Gasteiger partial charge >= 0.3 is 0 Å². The van der Waals surface area contributed by atoms with Crippen molar-refractivity contribution in [2.75, 3.05) is 19.6 Å². The van der Waals surface area contributed by atoms with Gasteiger partial charge in [-0.25, -0.2) is 0 Å². The van der Waals surface area contributed by atoms with Crippen molar-refractivity contribution in [2.45, 2.75) is 37.9 Å². The maximum Gasteiger partial charge on any atom is 0.0802 e. The number of likely N-dealkylation sites (tertiary alicyclic amines) is 1. The van der Waals surface area contributed by atoms with Gasteiger partial charge in [-0.2, -0.15) is 0 Å². The van der Waals surface area contributed by atoms with Gasteiger partial charge in [-0.1, -0.05) is 23.7 Å². The maximum atomic E-state index is 10.1. The molecule has 1 aromatic rings. The molecule has 2 rings (SSSR count). The van der Waals surface area contributed by atoms with Crippen molar-refractivity contribution in [3.63, 3.8) is 0 Å². The van der Waals surface area contributed by atoms with E-state index in [-0.39, 0.29) is 0 Å². The van der Waals surface area contributed by atoms with E-state index < -0.39 is 11.7 Å². The molecule has 1 heterocycles. The Kier molecular flexibility index (Phi) is 4.85. The zero-order chi connectivity index (χ0) is 13.9. The topological polar surface area (TPSA) is 43.7 Å². The molecule has 19 heavy (non-hydrogen) atoms. The highest BCUT2D eigenvalue weighted by Gasteiger charge is 2.28. The van der Waals surface area contributed by atoms with E-state index in [1.54, 1.807) is 12.1 Å². The standard InChI is InChI=1S/C15H22ClNO2/c1-15(19)8-2-9-17(11-15)10-7-14(18)12-3-5-13(16)6-4-12/h3-6,14,18-19H,2,7-11H2,1H3. The molecule has 2 N–H and O–H groups in total. The Bertz CT molecular complexity index is 405. The summed E-state index contributed by atoms with van der Waals surface area (Å²) in [6.07, 6.45) is 2.09. The van der Waals surface area contributed by atoms with Gasteiger partial charge in [0, 0.05) is 18.1 Å². The van der Waals surface area contributed by atoms with Gasteiger partial charge in [0.1, 0.15) is 0 Å². The summed E-state index contributed by atoms with van der Waals surface area (Å²) < 4.78 is 0. The lowest BCUT2D eigenvalue weighted by atomic mass is 9.95. The Morgan fingerprint density at radius 1 is 1.37 bits per heavy atom. The van der Waals surface area contributed by atoms with E-state index >= 15 is 0 Å². The Morgan fingerprint density at radius 3 is 2.68 bits per heavy atom. The molecule has 1 aliphatic rings. The number of nitrogens with zero attached hydrogens (tertiary/aromatic N) is 1. The number of hydrogen-bond acceptors (Lipinski definition) is 3. The molecule has 2 unspecified atom stereocenters. The van der Waals surface area contributed by atoms with Crippen LogP contribution in [0.5, 0.6) is 0 Å². The third-order valence-corrected chi connectivity index (χ3v) is 3.98. The fourth-order valence-corrected chi connectivity index (χ4v) is 2.80. The van der Waals surface area contributed by atoms with Gasteiger partial charge in [0.25, 0.3) is 0 Å². The average Bonchev–Trinajstić information content (AvgIpc) is 2.36. The molecule has 2 atom stereocenters. The number of aliphatic hydroxyl groups is 2. The van der Waals surface area contributed by atoms with E-state index in [4.69, 9.17) is 11.6 Å². The fourth-order valence-electron chi connectivity index (χ4n) is 2.67. The molecule has 1 fully saturated rings. The largest absolute Gasteiger partial charge is 0.389 e. The van der Waals surface area contributed by atoms with Gasteiger partial charge in [0.05, 0.1) is 11.7 Å². The minimum Gasteiger partial charge on any atom is -0.389 e. The molecule has 1 saturated heterocycles. The molecule has 0 saturated carbocycles. The van der Waals surface area contributed by atoms with Crippen molar-refractivity contribution in [1.29, 1.82) is 0 Å². The Hall–Kier alpha value is -0.610. The molecule has 4 heteroatoms. The summed E-state index contributed by atoms with van der Waals surface area (Å²) in [7, 11) is 0. The Labute approximate surface area is 119 Å². The average molecular weight is 284 g/mol. The zero-order valence-corrected chi connectivity index (χ0v) is 12.1. The van der Waals surface area contributed by atoms with Crippen LogP contribution in [0.15, 0.2) is 24.3 Å². The molecule has 0 spiro atoms. The van der Waals surface area contributed by atoms with Crippen LogP contribution in [0.1, 0.15) is 37.9 Å². The van der Waals surface area contributed by atoms with Crippen molar-refractivity contribution in [3.05, 3.63) is 34.9 Å². The number of halogens is 1. The second kappa shape index (κ2) is 6.23. The van der Waals surface area contributed by atoms with Crippen LogP contribution in [0.4, 0.5) is 0 Å². The summed E-state index contributed by atoms with van der Waals surface area (Å²) in [4.78, 5) is 2.22. The highest BCUT2D eigenvalue weighted by atomic mass is 35.5. The van der Waals surface area contributed by atoms with Crippen molar-refractivity contribution in [3.8, 4) is 0 Å². The van der Waals surface area contributed by atoms with Crippen LogP contribution >= 0.6 is 11.6 Å². The highest BCUT2D eigenvalue weighted by Crippen LogP contribution is 2.23. The number of hydrogen-bond donors (Lipinski definition) is 2. The minimum atomic E-state index is -0.580. The van der Waals surface area contributed by atoms with Gasteiger partial charge in [0.2, 0.25) is 0 Å². The van der Waals surface area contributed by atoms with Crippen LogP contribution in [-0.4, -0.2) is 40.3 Å². The fraction of sp³-hybridized carbons (Fsp3) is 0.600. The first kappa shape index (κ1) is 14.8. The third-order valence-electron chi connectivity index (χ3n) is 3.73. The molecule has 0 aromatic heterocycles. The van der Waals surface area contributed by atoms with E-state index in [2.05, 4.69) is 4.90 Å². The predicted octanol–water partition coefficient (Wildman–Crippen LogP) is 2.61. The first-order valence-corrected chi connectivity index (χ1v) is 7.22. The van der Waals surface area contributed by atoms with Crippen LogP contribution in [0.2, 0.25) is 5.02 Å². The molecule has 1 aromatic carbocycles. The van der Waals surface area contributed by atoms with Crippen LogP contribution < -0.4 is 0 Å². The normalized spacial score (nSPS) is 26.3. The van der Waals surface area contributed by atoms with Crippen LogP contribution in [0.25, 0.3) is 0 Å². The molecule has 1 aliphatic heterocycles. The summed E-state index contributed by atoms with van der Waals surface area (Å²) in [6.45, 7) is 4.39. The van der Waals surface area contributed by atoms with Crippen LogP contribution in [-0.2, 0) is 0 Å². The number of β-amino-alcohol motifs (C(OH)–C–C–N with tert-alkyl or cyclic N) is 1. The van der Waals surface area contributed by atoms with Crippen molar-refractivity contribution < 1.29 is 10.2 Å². The van der Waals surface area contributed by atoms with Crippen LogP contribution in [0.3, 0.4) is 0 Å². The summed E-state index contributed by atoms with van der Waals surface area (Å²) in [6, 6.07) is 7.32. The monoisotopic (exact) mass is 283 g/mol. The predicted molar refractivity (Wildman–Crippen MR) is 77.3 cm³/mol. The van der Waals surface area contributed by atoms with Crippen molar-refractivity contribution >= 4 is 11.6 Å². The summed E-state index contributed by atoms with van der Waals surface area (Å²) >= 11 is 5.83. The molecule has 0 amide bonds. The lowest BCUT2D eigenvalue weighted by Crippen LogP contribution is -2.46. The molecule has 106 valence electrons. The van der Waals surface area contributed by atoms with Crippen LogP contribution in [0, 0.1) is 0 Å². The zero-order valence-electron chi connectivity index (χ0n) is 11.3. The highest BCUT2D eigenvalue weighted by molar-refractivity contribution is 6.30. The smallest absolute Gasteiger partial charge is 0.0802 e. The third kappa shape index (κ3) is 4.46. The van der Waals surface area contributed by atoms with Gasteiger partial charge in [-0.3, -0.25) is 0 Å². The molecular weight excluding hydrogens is 262 g/mol. The lowest BCUT2D eigenvalue weighted by molar-refractivity contribution is -0.0191. The van der Waals surface area contributed by atoms with Gasteiger partial charge in [-0.15, -0.1) is 0 Å². The van der Waals surface area contributed by atoms with E-state index in [1.807, 2.05) is 19.1 Å². The van der Waals surface area contributed by atoms with E-state index in [0.717, 1.165) is 31.5 Å². The molecule has 0 bridgehead atoms. The number of aliphatic hydroxyl groups excluding tert-OH is 1. The first-order chi connectivity index (χ1) is 8.96. The summed E-state index contributed by atoms with van der Waals surface area (Å²) in [5.74, 6) is 0. The number of benzene rings is 1. The van der Waals surface area contributed by atoms with E-state index in [0.29, 0.717) is 18.0 Å². The summed E-state index contributed by atoms with van der Waals surface area (Å²) in [5, 5.41) is 20.9. The van der Waals surface area contributed by atoms with E-state index in [1.165, 1.54) is 0 Å². The van der Waals surface area contributed by atoms with Crippen molar-refractivity contribution in [2.24, 2.45) is 0 Å². The first-order valence-electron chi connectivity index (χ1n) is 6.84. The van der Waals surface area contributed by atoms with Gasteiger partial charge in [-0.05, 0) is 50.4 Å². The molecule has 0 aliphatic carbocycles. The SMILES string of the molecule is CC1(O)CCCN(CCC(O)c2ccc(Cl)cc2)C1. The number of rotatable bonds is 4. The number of piperidine rings is 1. The molecule has 0 radical (unpaired) electrons. The molecular formula is C15H22ClNO2. The Balaban J connectivity index is 1.83. The van der Waals surface area contributed by atoms with Gasteiger partial charge < -0.3 is 15.1 Å². The molecule has 3 nitrogen and oxygen atoms in total. The Morgan fingerprint density at radius 2 is 2.05 bits per heavy atom. The second-order valence-electron chi connectivity index (χ2n) is 5.73. The quantitative estimate of drug-likeness (QED) is 0.893.